The average molecular weight is 159 g/mol. The monoisotopic (exact) mass is 159 g/mol. The molecule has 2 heteroatoms. The highest BCUT2D eigenvalue weighted by Gasteiger charge is 2.23. The Morgan fingerprint density at radius 3 is 2.18 bits per heavy atom. The number of ether oxygens (including phenoxy) is 1. The molecule has 0 amide bonds. The average Bonchev–Trinajstić information content (AvgIpc) is 1.85. The maximum atomic E-state index is 5.50. The van der Waals surface area contributed by atoms with Crippen molar-refractivity contribution in [2.24, 2.45) is 17.1 Å². The molecular formula is C9H21NO. The summed E-state index contributed by atoms with van der Waals surface area (Å²) in [6.07, 6.45) is 1.05. The lowest BCUT2D eigenvalue weighted by molar-refractivity contribution is 0.0861. The molecule has 0 aromatic carbocycles. The highest BCUT2D eigenvalue weighted by Crippen LogP contribution is 2.28. The van der Waals surface area contributed by atoms with Gasteiger partial charge < -0.3 is 10.5 Å². The summed E-state index contributed by atoms with van der Waals surface area (Å²) in [5.74, 6) is 0.581. The smallest absolute Gasteiger partial charge is 0.0495 e. The first kappa shape index (κ1) is 10.9. The SMILES string of the molecule is COCC(CCN)C(C)(C)C. The number of nitrogens with two attached hydrogens (primary N) is 1. The van der Waals surface area contributed by atoms with Gasteiger partial charge in [0.25, 0.3) is 0 Å². The Hall–Kier alpha value is -0.0800. The first-order valence-corrected chi connectivity index (χ1v) is 4.21. The molecule has 0 heterocycles. The molecule has 0 saturated heterocycles. The number of methoxy groups -OCH3 is 1. The minimum Gasteiger partial charge on any atom is -0.384 e. The Bertz CT molecular complexity index is 90.2. The van der Waals surface area contributed by atoms with E-state index in [4.69, 9.17) is 10.5 Å². The summed E-state index contributed by atoms with van der Waals surface area (Å²) in [5, 5.41) is 0. The van der Waals surface area contributed by atoms with Crippen LogP contribution in [-0.2, 0) is 4.74 Å². The summed E-state index contributed by atoms with van der Waals surface area (Å²) < 4.78 is 5.13. The van der Waals surface area contributed by atoms with Crippen LogP contribution < -0.4 is 5.73 Å². The maximum absolute atomic E-state index is 5.50. The van der Waals surface area contributed by atoms with Crippen LogP contribution in [0.4, 0.5) is 0 Å². The zero-order chi connectivity index (χ0) is 8.91. The molecule has 0 aliphatic carbocycles. The second-order valence-electron chi connectivity index (χ2n) is 4.10. The molecule has 0 fully saturated rings. The summed E-state index contributed by atoms with van der Waals surface area (Å²) in [6.45, 7) is 8.26. The minimum atomic E-state index is 0.315. The fraction of sp³-hybridized carbons (Fsp3) is 1.00. The second kappa shape index (κ2) is 4.73. The number of hydrogen-bond acceptors (Lipinski definition) is 2. The van der Waals surface area contributed by atoms with Crippen LogP contribution in [0.25, 0.3) is 0 Å². The van der Waals surface area contributed by atoms with E-state index in [0.29, 0.717) is 11.3 Å². The van der Waals surface area contributed by atoms with E-state index in [-0.39, 0.29) is 0 Å². The van der Waals surface area contributed by atoms with Crippen molar-refractivity contribution in [3.8, 4) is 0 Å². The Kier molecular flexibility index (Phi) is 4.69. The molecule has 0 saturated carbocycles. The van der Waals surface area contributed by atoms with Gasteiger partial charge in [0.05, 0.1) is 0 Å². The summed E-state index contributed by atoms with van der Waals surface area (Å²) >= 11 is 0. The molecular weight excluding hydrogens is 138 g/mol. The fourth-order valence-electron chi connectivity index (χ4n) is 1.17. The van der Waals surface area contributed by atoms with Gasteiger partial charge in [0.2, 0.25) is 0 Å². The minimum absolute atomic E-state index is 0.315. The van der Waals surface area contributed by atoms with Gasteiger partial charge in [-0.05, 0) is 24.3 Å². The molecule has 11 heavy (non-hydrogen) atoms. The molecule has 1 atom stereocenters. The van der Waals surface area contributed by atoms with E-state index >= 15 is 0 Å². The van der Waals surface area contributed by atoms with Crippen molar-refractivity contribution in [1.29, 1.82) is 0 Å². The Morgan fingerprint density at radius 2 is 1.91 bits per heavy atom. The van der Waals surface area contributed by atoms with Gasteiger partial charge in [0.15, 0.2) is 0 Å². The van der Waals surface area contributed by atoms with Gasteiger partial charge in [-0.2, -0.15) is 0 Å². The van der Waals surface area contributed by atoms with Crippen molar-refractivity contribution in [3.05, 3.63) is 0 Å². The van der Waals surface area contributed by atoms with E-state index in [0.717, 1.165) is 19.6 Å². The largest absolute Gasteiger partial charge is 0.384 e. The van der Waals surface area contributed by atoms with Crippen LogP contribution in [0.2, 0.25) is 0 Å². The summed E-state index contributed by atoms with van der Waals surface area (Å²) in [6, 6.07) is 0. The molecule has 0 rings (SSSR count). The van der Waals surface area contributed by atoms with E-state index < -0.39 is 0 Å². The van der Waals surface area contributed by atoms with Gasteiger partial charge in [0.1, 0.15) is 0 Å². The van der Waals surface area contributed by atoms with Gasteiger partial charge in [-0.25, -0.2) is 0 Å². The summed E-state index contributed by atoms with van der Waals surface area (Å²) in [5.41, 5.74) is 5.82. The lowest BCUT2D eigenvalue weighted by Crippen LogP contribution is -2.27. The quantitative estimate of drug-likeness (QED) is 0.677. The van der Waals surface area contributed by atoms with Gasteiger partial charge in [-0.1, -0.05) is 20.8 Å². The van der Waals surface area contributed by atoms with Gasteiger partial charge >= 0.3 is 0 Å². The van der Waals surface area contributed by atoms with E-state index in [2.05, 4.69) is 20.8 Å². The van der Waals surface area contributed by atoms with E-state index in [1.165, 1.54) is 0 Å². The highest BCUT2D eigenvalue weighted by atomic mass is 16.5. The Balaban J connectivity index is 3.88. The zero-order valence-corrected chi connectivity index (χ0v) is 8.18. The maximum Gasteiger partial charge on any atom is 0.0495 e. The van der Waals surface area contributed by atoms with E-state index in [1.54, 1.807) is 7.11 Å². The third-order valence-electron chi connectivity index (χ3n) is 2.11. The third-order valence-corrected chi connectivity index (χ3v) is 2.11. The van der Waals surface area contributed by atoms with Crippen LogP contribution in [0.5, 0.6) is 0 Å². The lowest BCUT2D eigenvalue weighted by Gasteiger charge is -2.29. The standard InChI is InChI=1S/C9H21NO/c1-9(2,3)8(5-6-10)7-11-4/h8H,5-7,10H2,1-4H3. The van der Waals surface area contributed by atoms with Gasteiger partial charge in [-0.15, -0.1) is 0 Å². The van der Waals surface area contributed by atoms with E-state index in [9.17, 15) is 0 Å². The fourth-order valence-corrected chi connectivity index (χ4v) is 1.17. The van der Waals surface area contributed by atoms with Crippen molar-refractivity contribution in [2.75, 3.05) is 20.3 Å². The van der Waals surface area contributed by atoms with Crippen molar-refractivity contribution < 1.29 is 4.74 Å². The molecule has 68 valence electrons. The molecule has 0 radical (unpaired) electrons. The van der Waals surface area contributed by atoms with Crippen LogP contribution >= 0.6 is 0 Å². The van der Waals surface area contributed by atoms with Crippen molar-refractivity contribution >= 4 is 0 Å². The molecule has 0 aliphatic rings. The molecule has 1 unspecified atom stereocenters. The number of rotatable bonds is 4. The normalized spacial score (nSPS) is 15.0. The molecule has 0 aromatic heterocycles. The van der Waals surface area contributed by atoms with Crippen LogP contribution in [0.1, 0.15) is 27.2 Å². The van der Waals surface area contributed by atoms with E-state index in [1.807, 2.05) is 0 Å². The van der Waals surface area contributed by atoms with Gasteiger partial charge in [0, 0.05) is 13.7 Å². The van der Waals surface area contributed by atoms with Crippen LogP contribution in [-0.4, -0.2) is 20.3 Å². The van der Waals surface area contributed by atoms with Gasteiger partial charge in [-0.3, -0.25) is 0 Å². The second-order valence-corrected chi connectivity index (χ2v) is 4.10. The van der Waals surface area contributed by atoms with Crippen LogP contribution in [0, 0.1) is 11.3 Å². The highest BCUT2D eigenvalue weighted by molar-refractivity contribution is 4.73. The van der Waals surface area contributed by atoms with Crippen LogP contribution in [0.15, 0.2) is 0 Å². The predicted octanol–water partition coefficient (Wildman–Crippen LogP) is 1.64. The molecule has 0 aromatic rings. The van der Waals surface area contributed by atoms with Crippen molar-refractivity contribution in [1.82, 2.24) is 0 Å². The van der Waals surface area contributed by atoms with Crippen molar-refractivity contribution in [2.45, 2.75) is 27.2 Å². The molecule has 0 spiro atoms. The zero-order valence-electron chi connectivity index (χ0n) is 8.18. The topological polar surface area (TPSA) is 35.2 Å². The Morgan fingerprint density at radius 1 is 1.36 bits per heavy atom. The molecule has 0 aliphatic heterocycles. The lowest BCUT2D eigenvalue weighted by atomic mass is 9.79. The molecule has 2 nitrogen and oxygen atoms in total. The first-order chi connectivity index (χ1) is 5.02. The predicted molar refractivity (Wildman–Crippen MR) is 48.5 cm³/mol. The third kappa shape index (κ3) is 4.38. The molecule has 2 N–H and O–H groups in total. The van der Waals surface area contributed by atoms with Crippen molar-refractivity contribution in [3.63, 3.8) is 0 Å². The first-order valence-electron chi connectivity index (χ1n) is 4.21. The number of hydrogen-bond donors (Lipinski definition) is 1. The Labute approximate surface area is 70.1 Å². The summed E-state index contributed by atoms with van der Waals surface area (Å²) in [4.78, 5) is 0. The summed E-state index contributed by atoms with van der Waals surface area (Å²) in [7, 11) is 1.75. The molecule has 0 bridgehead atoms. The van der Waals surface area contributed by atoms with Crippen LogP contribution in [0.3, 0.4) is 0 Å².